The van der Waals surface area contributed by atoms with Gasteiger partial charge in [0.25, 0.3) is 0 Å². The third-order valence-electron chi connectivity index (χ3n) is 8.64. The predicted octanol–water partition coefficient (Wildman–Crippen LogP) is 11.8. The Kier molecular flexibility index (Phi) is 9.70. The molecule has 7 rings (SSSR count). The molecule has 0 saturated carbocycles. The molecule has 4 nitrogen and oxygen atoms in total. The topological polar surface area (TPSA) is 51.6 Å². The molecule has 0 aliphatic carbocycles. The second-order valence-corrected chi connectivity index (χ2v) is 11.9. The minimum Gasteiger partial charge on any atom is -0.150 e. The second kappa shape index (κ2) is 15.1. The number of nitrogens with zero attached hydrogens (tertiary/aromatic N) is 4. The molecule has 0 spiro atoms. The average molecular weight is 645 g/mol. The van der Waals surface area contributed by atoms with Gasteiger partial charge in [-0.1, -0.05) is 158 Å². The molecule has 0 radical (unpaired) electrons. The summed E-state index contributed by atoms with van der Waals surface area (Å²) in [6.07, 6.45) is 10.1. The van der Waals surface area contributed by atoms with Gasteiger partial charge >= 0.3 is 0 Å². The van der Waals surface area contributed by atoms with E-state index in [4.69, 9.17) is 0 Å². The Morgan fingerprint density at radius 2 is 0.800 bits per heavy atom. The maximum atomic E-state index is 4.56. The Labute approximate surface area is 293 Å². The van der Waals surface area contributed by atoms with E-state index in [0.29, 0.717) is 0 Å². The van der Waals surface area contributed by atoms with Crippen LogP contribution < -0.4 is 0 Å². The van der Waals surface area contributed by atoms with Gasteiger partial charge in [0.15, 0.2) is 0 Å². The average Bonchev–Trinajstić information content (AvgIpc) is 3.20. The molecule has 50 heavy (non-hydrogen) atoms. The monoisotopic (exact) mass is 644 g/mol. The summed E-state index contributed by atoms with van der Waals surface area (Å²) in [4.78, 5) is 0. The molecule has 0 fully saturated rings. The third-order valence-corrected chi connectivity index (χ3v) is 8.64. The minimum absolute atomic E-state index is 0.839. The van der Waals surface area contributed by atoms with Gasteiger partial charge in [-0.05, 0) is 71.5 Å². The van der Waals surface area contributed by atoms with Crippen LogP contribution in [0.5, 0.6) is 0 Å². The van der Waals surface area contributed by atoms with Crippen LogP contribution >= 0.6 is 0 Å². The molecule has 5 aromatic carbocycles. The van der Waals surface area contributed by atoms with Gasteiger partial charge in [0, 0.05) is 22.3 Å². The normalized spacial score (nSPS) is 11.8. The van der Waals surface area contributed by atoms with Crippen molar-refractivity contribution in [2.45, 2.75) is 13.8 Å². The first kappa shape index (κ1) is 32.0. The number of rotatable bonds is 9. The van der Waals surface area contributed by atoms with Crippen molar-refractivity contribution in [2.24, 2.45) is 0 Å². The lowest BCUT2D eigenvalue weighted by atomic mass is 9.89. The molecule has 4 heteroatoms. The lowest BCUT2D eigenvalue weighted by molar-refractivity contribution is 1.02. The Balaban J connectivity index is 1.14. The molecule has 0 aliphatic heterocycles. The first-order chi connectivity index (χ1) is 24.7. The number of allylic oxidation sites excluding steroid dienone is 6. The van der Waals surface area contributed by atoms with Crippen LogP contribution in [0, 0.1) is 0 Å². The fourth-order valence-corrected chi connectivity index (χ4v) is 6.08. The highest BCUT2D eigenvalue weighted by atomic mass is 15.1. The van der Waals surface area contributed by atoms with Gasteiger partial charge in [-0.15, -0.1) is 20.4 Å². The summed E-state index contributed by atoms with van der Waals surface area (Å²) in [5, 5.41) is 18.1. The maximum Gasteiger partial charge on any atom is 0.0930 e. The molecule has 0 bridgehead atoms. The predicted molar refractivity (Wildman–Crippen MR) is 208 cm³/mol. The summed E-state index contributed by atoms with van der Waals surface area (Å²) >= 11 is 0. The van der Waals surface area contributed by atoms with Gasteiger partial charge in [-0.2, -0.15) is 0 Å². The lowest BCUT2D eigenvalue weighted by Crippen LogP contribution is -1.93. The van der Waals surface area contributed by atoms with E-state index in [9.17, 15) is 0 Å². The molecule has 0 atom stereocenters. The quantitative estimate of drug-likeness (QED) is 0.147. The lowest BCUT2D eigenvalue weighted by Gasteiger charge is -2.15. The molecule has 7 aromatic rings. The SMILES string of the molecule is C\C=C/C=C(\C=C/C)c1ccc(-c2ccc(-c3ccccc3-c3ccccc3-c3ccc(-c4ccc(-c5ccccc5)nn4)cc3)cc2)nn1. The largest absolute Gasteiger partial charge is 0.150 e. The Morgan fingerprint density at radius 3 is 1.24 bits per heavy atom. The molecule has 0 amide bonds. The zero-order valence-corrected chi connectivity index (χ0v) is 28.1. The van der Waals surface area contributed by atoms with Crippen LogP contribution in [0.3, 0.4) is 0 Å². The number of aromatic nitrogens is 4. The van der Waals surface area contributed by atoms with Gasteiger partial charge in [0.05, 0.1) is 22.8 Å². The van der Waals surface area contributed by atoms with E-state index >= 15 is 0 Å². The summed E-state index contributed by atoms with van der Waals surface area (Å²) in [5.41, 5.74) is 14.5. The first-order valence-corrected chi connectivity index (χ1v) is 16.8. The van der Waals surface area contributed by atoms with E-state index in [2.05, 4.69) is 117 Å². The molecule has 0 N–H and O–H groups in total. The smallest absolute Gasteiger partial charge is 0.0930 e. The van der Waals surface area contributed by atoms with Gasteiger partial charge in [0.1, 0.15) is 0 Å². The van der Waals surface area contributed by atoms with Crippen LogP contribution in [0.2, 0.25) is 0 Å². The molecule has 0 unspecified atom stereocenters. The highest BCUT2D eigenvalue weighted by Crippen LogP contribution is 2.39. The molecule has 0 aliphatic rings. The van der Waals surface area contributed by atoms with Crippen molar-refractivity contribution in [1.82, 2.24) is 20.4 Å². The standard InChI is InChI=1S/C46H36N4/c1-3-5-14-35(13-4-2)43-29-31-45(49-47-43)37-25-21-33(22-26-37)39-17-9-11-19-41(39)42-20-12-10-18-40(42)34-23-27-38(28-24-34)46-32-30-44(48-50-46)36-15-7-6-8-16-36/h3-32H,1-2H3/b5-3-,13-4-,35-14+. The molecule has 2 aromatic heterocycles. The fraction of sp³-hybridized carbons (Fsp3) is 0.0435. The van der Waals surface area contributed by atoms with Crippen molar-refractivity contribution in [1.29, 1.82) is 0 Å². The highest BCUT2D eigenvalue weighted by molar-refractivity contribution is 5.92. The maximum absolute atomic E-state index is 4.56. The number of hydrogen-bond donors (Lipinski definition) is 0. The Morgan fingerprint density at radius 1 is 0.380 bits per heavy atom. The Bertz CT molecular complexity index is 2280. The fourth-order valence-electron chi connectivity index (χ4n) is 6.08. The van der Waals surface area contributed by atoms with Gasteiger partial charge in [0.2, 0.25) is 0 Å². The highest BCUT2D eigenvalue weighted by Gasteiger charge is 2.13. The zero-order valence-electron chi connectivity index (χ0n) is 28.1. The summed E-state index contributed by atoms with van der Waals surface area (Å²) in [6.45, 7) is 4.01. The van der Waals surface area contributed by atoms with Crippen LogP contribution in [-0.4, -0.2) is 20.4 Å². The van der Waals surface area contributed by atoms with E-state index < -0.39 is 0 Å². The number of hydrogen-bond acceptors (Lipinski definition) is 4. The van der Waals surface area contributed by atoms with Gasteiger partial charge in [-0.25, -0.2) is 0 Å². The van der Waals surface area contributed by atoms with Crippen LogP contribution in [0.4, 0.5) is 0 Å². The van der Waals surface area contributed by atoms with Gasteiger partial charge in [-0.3, -0.25) is 0 Å². The molecule has 0 saturated heterocycles. The third kappa shape index (κ3) is 7.01. The summed E-state index contributed by atoms with van der Waals surface area (Å²) < 4.78 is 0. The van der Waals surface area contributed by atoms with Crippen LogP contribution in [0.15, 0.2) is 182 Å². The van der Waals surface area contributed by atoms with Crippen molar-refractivity contribution in [3.05, 3.63) is 188 Å². The summed E-state index contributed by atoms with van der Waals surface area (Å²) in [6, 6.07) is 52.6. The van der Waals surface area contributed by atoms with Crippen LogP contribution in [0.1, 0.15) is 19.5 Å². The van der Waals surface area contributed by atoms with Crippen molar-refractivity contribution in [3.63, 3.8) is 0 Å². The van der Waals surface area contributed by atoms with Crippen molar-refractivity contribution in [2.75, 3.05) is 0 Å². The molecular formula is C46H36N4. The van der Waals surface area contributed by atoms with E-state index in [1.165, 1.54) is 22.3 Å². The van der Waals surface area contributed by atoms with Crippen LogP contribution in [0.25, 0.3) is 72.7 Å². The first-order valence-electron chi connectivity index (χ1n) is 16.8. The molecule has 2 heterocycles. The second-order valence-electron chi connectivity index (χ2n) is 11.9. The Hall–Kier alpha value is -6.52. The molecular weight excluding hydrogens is 609 g/mol. The van der Waals surface area contributed by atoms with E-state index in [1.807, 2.05) is 98.8 Å². The van der Waals surface area contributed by atoms with Crippen molar-refractivity contribution < 1.29 is 0 Å². The van der Waals surface area contributed by atoms with Crippen molar-refractivity contribution in [3.8, 4) is 67.2 Å². The zero-order chi connectivity index (χ0) is 34.1. The number of benzene rings is 5. The summed E-state index contributed by atoms with van der Waals surface area (Å²) in [5.74, 6) is 0. The summed E-state index contributed by atoms with van der Waals surface area (Å²) in [7, 11) is 0. The van der Waals surface area contributed by atoms with E-state index in [1.54, 1.807) is 0 Å². The molecule has 240 valence electrons. The van der Waals surface area contributed by atoms with Gasteiger partial charge < -0.3 is 0 Å². The van der Waals surface area contributed by atoms with E-state index in [0.717, 1.165) is 56.2 Å². The van der Waals surface area contributed by atoms with E-state index in [-0.39, 0.29) is 0 Å². The van der Waals surface area contributed by atoms with Crippen molar-refractivity contribution >= 4 is 5.57 Å². The van der Waals surface area contributed by atoms with Crippen LogP contribution in [-0.2, 0) is 0 Å². The minimum atomic E-state index is 0.839.